The van der Waals surface area contributed by atoms with Crippen LogP contribution in [0.2, 0.25) is 0 Å². The van der Waals surface area contributed by atoms with Crippen LogP contribution in [-0.2, 0) is 6.54 Å². The van der Waals surface area contributed by atoms with E-state index in [1.165, 1.54) is 4.68 Å². The molecule has 0 aliphatic carbocycles. The molecule has 0 fully saturated rings. The van der Waals surface area contributed by atoms with Crippen molar-refractivity contribution in [3.8, 4) is 0 Å². The van der Waals surface area contributed by atoms with Crippen LogP contribution < -0.4 is 10.9 Å². The second-order valence-electron chi connectivity index (χ2n) is 4.05. The molecule has 96 valence electrons. The van der Waals surface area contributed by atoms with Crippen LogP contribution in [0.25, 0.3) is 0 Å². The summed E-state index contributed by atoms with van der Waals surface area (Å²) in [5.41, 5.74) is 0.473. The minimum Gasteiger partial charge on any atom is -0.375 e. The van der Waals surface area contributed by atoms with E-state index in [1.807, 2.05) is 13.8 Å². The molecule has 18 heavy (non-hydrogen) atoms. The highest BCUT2D eigenvalue weighted by Gasteiger charge is 2.10. The molecule has 0 aliphatic heterocycles. The van der Waals surface area contributed by atoms with E-state index < -0.39 is 0 Å². The SMILES string of the molecule is CC(C)n1ncc(NCc2ccno2)c(Br)c1=O. The van der Waals surface area contributed by atoms with E-state index in [1.54, 1.807) is 18.5 Å². The third kappa shape index (κ3) is 2.61. The molecular weight excluding hydrogens is 300 g/mol. The van der Waals surface area contributed by atoms with E-state index in [2.05, 4.69) is 31.5 Å². The fraction of sp³-hybridized carbons (Fsp3) is 0.364. The fourth-order valence-electron chi connectivity index (χ4n) is 1.45. The van der Waals surface area contributed by atoms with E-state index >= 15 is 0 Å². The lowest BCUT2D eigenvalue weighted by Gasteiger charge is -2.11. The molecule has 0 saturated heterocycles. The monoisotopic (exact) mass is 312 g/mol. The Balaban J connectivity index is 2.20. The summed E-state index contributed by atoms with van der Waals surface area (Å²) < 4.78 is 6.84. The van der Waals surface area contributed by atoms with Crippen LogP contribution in [0.5, 0.6) is 0 Å². The maximum absolute atomic E-state index is 12.0. The van der Waals surface area contributed by atoms with Gasteiger partial charge in [-0.2, -0.15) is 5.10 Å². The van der Waals surface area contributed by atoms with E-state index in [-0.39, 0.29) is 11.6 Å². The molecule has 0 unspecified atom stereocenters. The molecule has 0 spiro atoms. The quantitative estimate of drug-likeness (QED) is 0.936. The summed E-state index contributed by atoms with van der Waals surface area (Å²) in [5.74, 6) is 0.690. The maximum Gasteiger partial charge on any atom is 0.283 e. The molecule has 0 aliphatic rings. The summed E-state index contributed by atoms with van der Waals surface area (Å²) in [6.07, 6.45) is 3.18. The van der Waals surface area contributed by atoms with Gasteiger partial charge in [0, 0.05) is 6.07 Å². The van der Waals surface area contributed by atoms with Gasteiger partial charge in [-0.3, -0.25) is 4.79 Å². The highest BCUT2D eigenvalue weighted by Crippen LogP contribution is 2.18. The highest BCUT2D eigenvalue weighted by molar-refractivity contribution is 9.10. The number of nitrogens with zero attached hydrogens (tertiary/aromatic N) is 3. The van der Waals surface area contributed by atoms with Gasteiger partial charge in [-0.05, 0) is 29.8 Å². The zero-order chi connectivity index (χ0) is 13.1. The molecule has 2 rings (SSSR count). The largest absolute Gasteiger partial charge is 0.375 e. The number of hydrogen-bond acceptors (Lipinski definition) is 5. The lowest BCUT2D eigenvalue weighted by molar-refractivity contribution is 0.388. The number of rotatable bonds is 4. The van der Waals surface area contributed by atoms with E-state index in [4.69, 9.17) is 4.52 Å². The van der Waals surface area contributed by atoms with Gasteiger partial charge in [-0.25, -0.2) is 4.68 Å². The van der Waals surface area contributed by atoms with Gasteiger partial charge in [0.15, 0.2) is 5.76 Å². The first-order valence-corrected chi connectivity index (χ1v) is 6.29. The Morgan fingerprint density at radius 2 is 2.33 bits per heavy atom. The average molecular weight is 313 g/mol. The minimum atomic E-state index is -0.160. The summed E-state index contributed by atoms with van der Waals surface area (Å²) in [6.45, 7) is 4.26. The summed E-state index contributed by atoms with van der Waals surface area (Å²) in [6, 6.07) is 1.78. The second kappa shape index (κ2) is 5.34. The lowest BCUT2D eigenvalue weighted by Crippen LogP contribution is -2.26. The van der Waals surface area contributed by atoms with Crippen molar-refractivity contribution in [3.05, 3.63) is 39.0 Å². The molecule has 0 amide bonds. The third-order valence-electron chi connectivity index (χ3n) is 2.38. The highest BCUT2D eigenvalue weighted by atomic mass is 79.9. The Morgan fingerprint density at radius 1 is 1.56 bits per heavy atom. The van der Waals surface area contributed by atoms with Crippen LogP contribution >= 0.6 is 15.9 Å². The minimum absolute atomic E-state index is 0.0251. The molecule has 0 atom stereocenters. The molecule has 2 heterocycles. The molecule has 7 heteroatoms. The van der Waals surface area contributed by atoms with Crippen molar-refractivity contribution in [2.24, 2.45) is 0 Å². The van der Waals surface area contributed by atoms with Crippen LogP contribution in [0.1, 0.15) is 25.6 Å². The van der Waals surface area contributed by atoms with Gasteiger partial charge in [0.1, 0.15) is 4.47 Å². The van der Waals surface area contributed by atoms with Crippen LogP contribution in [0.4, 0.5) is 5.69 Å². The third-order valence-corrected chi connectivity index (χ3v) is 3.14. The summed E-state index contributed by atoms with van der Waals surface area (Å²) in [7, 11) is 0. The summed E-state index contributed by atoms with van der Waals surface area (Å²) in [5, 5.41) is 10.8. The Kier molecular flexibility index (Phi) is 3.81. The summed E-state index contributed by atoms with van der Waals surface area (Å²) in [4.78, 5) is 12.0. The maximum atomic E-state index is 12.0. The fourth-order valence-corrected chi connectivity index (χ4v) is 1.88. The van der Waals surface area contributed by atoms with Crippen molar-refractivity contribution in [2.45, 2.75) is 26.4 Å². The van der Waals surface area contributed by atoms with Crippen LogP contribution in [0.15, 0.2) is 32.3 Å². The number of anilines is 1. The van der Waals surface area contributed by atoms with Gasteiger partial charge < -0.3 is 9.84 Å². The molecule has 6 nitrogen and oxygen atoms in total. The zero-order valence-corrected chi connectivity index (χ0v) is 11.6. The van der Waals surface area contributed by atoms with Gasteiger partial charge in [-0.15, -0.1) is 0 Å². The van der Waals surface area contributed by atoms with Crippen molar-refractivity contribution < 1.29 is 4.52 Å². The Morgan fingerprint density at radius 3 is 2.94 bits per heavy atom. The van der Waals surface area contributed by atoms with Gasteiger partial charge in [0.05, 0.1) is 30.7 Å². The molecule has 0 bridgehead atoms. The first-order chi connectivity index (χ1) is 8.59. The molecule has 2 aromatic heterocycles. The Labute approximate surface area is 112 Å². The zero-order valence-electron chi connectivity index (χ0n) is 10.1. The van der Waals surface area contributed by atoms with Crippen molar-refractivity contribution in [3.63, 3.8) is 0 Å². The molecule has 0 saturated carbocycles. The van der Waals surface area contributed by atoms with Crippen molar-refractivity contribution >= 4 is 21.6 Å². The smallest absolute Gasteiger partial charge is 0.283 e. The summed E-state index contributed by atoms with van der Waals surface area (Å²) >= 11 is 3.28. The second-order valence-corrected chi connectivity index (χ2v) is 4.84. The normalized spacial score (nSPS) is 10.9. The van der Waals surface area contributed by atoms with Gasteiger partial charge >= 0.3 is 0 Å². The average Bonchev–Trinajstić information content (AvgIpc) is 2.83. The van der Waals surface area contributed by atoms with E-state index in [0.29, 0.717) is 22.5 Å². The van der Waals surface area contributed by atoms with Crippen LogP contribution in [0, 0.1) is 0 Å². The van der Waals surface area contributed by atoms with Crippen molar-refractivity contribution in [2.75, 3.05) is 5.32 Å². The molecule has 0 aromatic carbocycles. The number of nitrogens with one attached hydrogen (secondary N) is 1. The van der Waals surface area contributed by atoms with Crippen molar-refractivity contribution in [1.82, 2.24) is 14.9 Å². The topological polar surface area (TPSA) is 73.0 Å². The first kappa shape index (κ1) is 12.8. The predicted molar refractivity (Wildman–Crippen MR) is 70.4 cm³/mol. The van der Waals surface area contributed by atoms with Crippen LogP contribution in [0.3, 0.4) is 0 Å². The molecule has 2 aromatic rings. The van der Waals surface area contributed by atoms with Crippen molar-refractivity contribution in [1.29, 1.82) is 0 Å². The lowest BCUT2D eigenvalue weighted by atomic mass is 10.3. The Bertz CT molecular complexity index is 577. The van der Waals surface area contributed by atoms with Gasteiger partial charge in [0.2, 0.25) is 0 Å². The Hall–Kier alpha value is -1.63. The number of hydrogen-bond donors (Lipinski definition) is 1. The van der Waals surface area contributed by atoms with E-state index in [0.717, 1.165) is 0 Å². The number of halogens is 1. The van der Waals surface area contributed by atoms with Crippen LogP contribution in [-0.4, -0.2) is 14.9 Å². The van der Waals surface area contributed by atoms with Gasteiger partial charge in [0.25, 0.3) is 5.56 Å². The van der Waals surface area contributed by atoms with Gasteiger partial charge in [-0.1, -0.05) is 5.16 Å². The predicted octanol–water partition coefficient (Wildman–Crippen LogP) is 2.19. The molecular formula is C11H13BrN4O2. The standard InChI is InChI=1S/C11H13BrN4O2/c1-7(2)16-11(17)10(12)9(6-14-16)13-5-8-3-4-15-18-8/h3-4,6-7,13H,5H2,1-2H3. The first-order valence-electron chi connectivity index (χ1n) is 5.50. The molecule has 1 N–H and O–H groups in total. The molecule has 0 radical (unpaired) electrons. The number of aromatic nitrogens is 3. The van der Waals surface area contributed by atoms with E-state index in [9.17, 15) is 4.79 Å².